The van der Waals surface area contributed by atoms with Gasteiger partial charge in [0.2, 0.25) is 0 Å². The molecular formula is C37H58O10. The summed E-state index contributed by atoms with van der Waals surface area (Å²) in [5, 5.41) is 43.7. The molecule has 10 nitrogen and oxygen atoms in total. The number of ether oxygens (including phenoxy) is 5. The number of fused-ring (bicyclic) bond motifs is 4. The summed E-state index contributed by atoms with van der Waals surface area (Å²) in [4.78, 5) is 12.1. The third kappa shape index (κ3) is 3.88. The van der Waals surface area contributed by atoms with Crippen LogP contribution in [0.25, 0.3) is 0 Å². The van der Waals surface area contributed by atoms with Crippen molar-refractivity contribution in [3.63, 3.8) is 0 Å². The van der Waals surface area contributed by atoms with Crippen molar-refractivity contribution in [3.05, 3.63) is 0 Å². The predicted octanol–water partition coefficient (Wildman–Crippen LogP) is 3.69. The van der Waals surface area contributed by atoms with E-state index in [2.05, 4.69) is 34.6 Å². The molecule has 10 heteroatoms. The number of rotatable bonds is 4. The molecule has 3 heterocycles. The van der Waals surface area contributed by atoms with Crippen molar-refractivity contribution in [2.45, 2.75) is 167 Å². The van der Waals surface area contributed by atoms with E-state index in [1.807, 2.05) is 13.8 Å². The van der Waals surface area contributed by atoms with Crippen LogP contribution in [0.2, 0.25) is 0 Å². The monoisotopic (exact) mass is 662 g/mol. The van der Waals surface area contributed by atoms with E-state index < -0.39 is 53.6 Å². The number of hydrogen-bond acceptors (Lipinski definition) is 10. The molecule has 5 saturated carbocycles. The first-order valence-electron chi connectivity index (χ1n) is 18.4. The molecule has 4 N–H and O–H groups in total. The second-order valence-electron chi connectivity index (χ2n) is 18.8. The summed E-state index contributed by atoms with van der Waals surface area (Å²) in [5.41, 5.74) is -1.36. The van der Waals surface area contributed by atoms with Gasteiger partial charge in [-0.2, -0.15) is 0 Å². The minimum absolute atomic E-state index is 0.0329. The normalized spacial score (nSPS) is 58.8. The van der Waals surface area contributed by atoms with Gasteiger partial charge >= 0.3 is 5.97 Å². The van der Waals surface area contributed by atoms with Gasteiger partial charge < -0.3 is 44.1 Å². The molecule has 3 aliphatic heterocycles. The Labute approximate surface area is 279 Å². The fourth-order valence-electron chi connectivity index (χ4n) is 14.4. The molecule has 8 fully saturated rings. The van der Waals surface area contributed by atoms with Crippen LogP contribution in [0.5, 0.6) is 0 Å². The summed E-state index contributed by atoms with van der Waals surface area (Å²) in [6.45, 7) is 16.8. The second-order valence-corrected chi connectivity index (χ2v) is 18.8. The molecule has 17 atom stereocenters. The van der Waals surface area contributed by atoms with Crippen LogP contribution in [0, 0.1) is 50.7 Å². The molecule has 0 aromatic rings. The molecule has 2 bridgehead atoms. The lowest BCUT2D eigenvalue weighted by Crippen LogP contribution is -2.61. The molecule has 3 saturated heterocycles. The van der Waals surface area contributed by atoms with Crippen molar-refractivity contribution in [1.29, 1.82) is 0 Å². The molecule has 5 aliphatic carbocycles. The number of carbonyl (C=O) groups is 1. The molecule has 47 heavy (non-hydrogen) atoms. The van der Waals surface area contributed by atoms with E-state index in [1.54, 1.807) is 0 Å². The maximum atomic E-state index is 12.8. The maximum absolute atomic E-state index is 12.8. The highest BCUT2D eigenvalue weighted by atomic mass is 16.8. The fraction of sp³-hybridized carbons (Fsp3) is 0.973. The van der Waals surface area contributed by atoms with E-state index in [0.29, 0.717) is 11.8 Å². The van der Waals surface area contributed by atoms with Crippen LogP contribution in [-0.4, -0.2) is 93.4 Å². The first-order chi connectivity index (χ1) is 21.8. The fourth-order valence-corrected chi connectivity index (χ4v) is 14.4. The van der Waals surface area contributed by atoms with Crippen LogP contribution in [0.15, 0.2) is 0 Å². The SMILES string of the molecule is CC(=O)OC(C)(C)C1OC23OC1C[C@@H](C)C2[C@@]1(C)CC[C@@]24C[C@@]25CC[C@H](O[C@@H]2OC[C@@H](O)[C@H](O)[C@H]2O)C(C)(C)[C@@H]5CC[C@H]4[C@]1(C)[C@H]3O. The standard InChI is InChI=1S/C37H58O10/c1-18-15-21-28(32(5,6)45-19(2)38)47-37(46-21)27(18)33(7)13-14-36-17-35(36)12-11-24(44-29-26(41)25(40)20(39)16-43-29)31(3,4)22(35)9-10-23(36)34(33,8)30(37)42/h18,20-30,39-42H,9-17H2,1-8H3/t18-,20-,21?,22+,23+,24+,25+,26-,27?,28?,29+,30-,33-,34-,35-,36+,37?/m1/s1. The Kier molecular flexibility index (Phi) is 7.03. The Bertz CT molecular complexity index is 1320. The average molecular weight is 663 g/mol. The maximum Gasteiger partial charge on any atom is 0.303 e. The lowest BCUT2D eigenvalue weighted by atomic mass is 9.41. The number of aliphatic hydroxyl groups is 4. The summed E-state index contributed by atoms with van der Waals surface area (Å²) in [6, 6.07) is 0. The minimum Gasteiger partial charge on any atom is -0.457 e. The Morgan fingerprint density at radius 1 is 0.894 bits per heavy atom. The van der Waals surface area contributed by atoms with Gasteiger partial charge in [0, 0.05) is 18.3 Å². The van der Waals surface area contributed by atoms with E-state index in [1.165, 1.54) is 6.92 Å². The Hall–Kier alpha value is -0.850. The summed E-state index contributed by atoms with van der Waals surface area (Å²) in [7, 11) is 0. The van der Waals surface area contributed by atoms with Crippen molar-refractivity contribution in [1.82, 2.24) is 0 Å². The Morgan fingerprint density at radius 2 is 1.57 bits per heavy atom. The highest BCUT2D eigenvalue weighted by molar-refractivity contribution is 5.66. The summed E-state index contributed by atoms with van der Waals surface area (Å²) in [6.07, 6.45) is 1.72. The van der Waals surface area contributed by atoms with Crippen LogP contribution in [0.1, 0.15) is 107 Å². The number of hydrogen-bond donors (Lipinski definition) is 4. The Morgan fingerprint density at radius 3 is 2.28 bits per heavy atom. The van der Waals surface area contributed by atoms with Crippen LogP contribution >= 0.6 is 0 Å². The van der Waals surface area contributed by atoms with Gasteiger partial charge in [-0.1, -0.05) is 34.6 Å². The molecule has 8 rings (SSSR count). The zero-order valence-electron chi connectivity index (χ0n) is 29.5. The highest BCUT2D eigenvalue weighted by Crippen LogP contribution is 2.90. The quantitative estimate of drug-likeness (QED) is 0.260. The van der Waals surface area contributed by atoms with Gasteiger partial charge in [-0.05, 0) is 105 Å². The van der Waals surface area contributed by atoms with Crippen molar-refractivity contribution in [2.75, 3.05) is 6.61 Å². The molecule has 0 aromatic carbocycles. The molecular weight excluding hydrogens is 604 g/mol. The lowest BCUT2D eigenvalue weighted by molar-refractivity contribution is -0.303. The first kappa shape index (κ1) is 33.3. The van der Waals surface area contributed by atoms with Crippen LogP contribution in [0.3, 0.4) is 0 Å². The van der Waals surface area contributed by atoms with Gasteiger partial charge in [-0.25, -0.2) is 0 Å². The number of esters is 1. The molecule has 0 amide bonds. The van der Waals surface area contributed by atoms with Crippen molar-refractivity contribution >= 4 is 5.97 Å². The van der Waals surface area contributed by atoms with Gasteiger partial charge in [-0.3, -0.25) is 4.79 Å². The van der Waals surface area contributed by atoms with Crippen LogP contribution < -0.4 is 0 Å². The third-order valence-electron chi connectivity index (χ3n) is 16.3. The molecule has 8 aliphatic rings. The van der Waals surface area contributed by atoms with Crippen molar-refractivity contribution in [3.8, 4) is 0 Å². The zero-order chi connectivity index (χ0) is 33.9. The average Bonchev–Trinajstić information content (AvgIpc) is 3.49. The summed E-state index contributed by atoms with van der Waals surface area (Å²) >= 11 is 0. The van der Waals surface area contributed by atoms with Crippen LogP contribution in [-0.2, 0) is 28.5 Å². The lowest BCUT2D eigenvalue weighted by Gasteiger charge is -2.63. The molecule has 0 radical (unpaired) electrons. The first-order valence-corrected chi connectivity index (χ1v) is 18.4. The second kappa shape index (κ2) is 9.93. The Balaban J connectivity index is 1.09. The predicted molar refractivity (Wildman–Crippen MR) is 168 cm³/mol. The molecule has 3 spiro atoms. The van der Waals surface area contributed by atoms with Crippen molar-refractivity contribution in [2.24, 2.45) is 50.7 Å². The minimum atomic E-state index is -1.29. The van der Waals surface area contributed by atoms with E-state index >= 15 is 0 Å². The third-order valence-corrected chi connectivity index (χ3v) is 16.3. The molecule has 266 valence electrons. The number of aliphatic hydroxyl groups excluding tert-OH is 4. The van der Waals surface area contributed by atoms with Gasteiger partial charge in [-0.15, -0.1) is 0 Å². The van der Waals surface area contributed by atoms with Gasteiger partial charge in [0.05, 0.1) is 18.8 Å². The highest BCUT2D eigenvalue weighted by Gasteiger charge is 2.88. The van der Waals surface area contributed by atoms with E-state index in [9.17, 15) is 25.2 Å². The number of carbonyl (C=O) groups excluding carboxylic acids is 1. The van der Waals surface area contributed by atoms with Crippen molar-refractivity contribution < 1.29 is 48.9 Å². The van der Waals surface area contributed by atoms with Gasteiger partial charge in [0.25, 0.3) is 0 Å². The smallest absolute Gasteiger partial charge is 0.303 e. The molecule has 4 unspecified atom stereocenters. The van der Waals surface area contributed by atoms with E-state index in [-0.39, 0.29) is 58.3 Å². The topological polar surface area (TPSA) is 144 Å². The van der Waals surface area contributed by atoms with Crippen LogP contribution in [0.4, 0.5) is 0 Å². The summed E-state index contributed by atoms with van der Waals surface area (Å²) in [5.74, 6) is -0.402. The largest absolute Gasteiger partial charge is 0.457 e. The molecule has 0 aromatic heterocycles. The van der Waals surface area contributed by atoms with E-state index in [4.69, 9.17) is 23.7 Å². The van der Waals surface area contributed by atoms with Gasteiger partial charge in [0.15, 0.2) is 12.1 Å². The van der Waals surface area contributed by atoms with Gasteiger partial charge in [0.1, 0.15) is 36.1 Å². The summed E-state index contributed by atoms with van der Waals surface area (Å²) < 4.78 is 31.9. The van der Waals surface area contributed by atoms with E-state index in [0.717, 1.165) is 51.4 Å². The zero-order valence-corrected chi connectivity index (χ0v) is 29.5.